The van der Waals surface area contributed by atoms with Gasteiger partial charge in [0.25, 0.3) is 0 Å². The Morgan fingerprint density at radius 2 is 2.03 bits per heavy atom. The minimum Gasteiger partial charge on any atom is -0.497 e. The number of nitrogens with zero attached hydrogens (tertiary/aromatic N) is 3. The fraction of sp³-hybridized carbons (Fsp3) is 0.391. The third-order valence-corrected chi connectivity index (χ3v) is 6.41. The Labute approximate surface area is 186 Å². The molecule has 2 aromatic heterocycles. The normalized spacial score (nSPS) is 16.1. The molecule has 164 valence electrons. The van der Waals surface area contributed by atoms with Gasteiger partial charge in [-0.3, -0.25) is 14.1 Å². The van der Waals surface area contributed by atoms with Gasteiger partial charge in [0.15, 0.2) is 4.96 Å². The first kappa shape index (κ1) is 21.5. The summed E-state index contributed by atoms with van der Waals surface area (Å²) in [5.74, 6) is 0.704. The van der Waals surface area contributed by atoms with Gasteiger partial charge in [0, 0.05) is 36.8 Å². The van der Waals surface area contributed by atoms with Crippen molar-refractivity contribution in [2.45, 2.75) is 19.9 Å². The number of imidazole rings is 1. The minimum atomic E-state index is -0.118. The summed E-state index contributed by atoms with van der Waals surface area (Å²) in [7, 11) is 1.66. The van der Waals surface area contributed by atoms with Gasteiger partial charge in [0.05, 0.1) is 37.8 Å². The topological polar surface area (TPSA) is 68.1 Å². The molecule has 1 atom stereocenters. The Hall–Kier alpha value is -2.68. The number of carbonyl (C=O) groups excluding carboxylic acids is 1. The van der Waals surface area contributed by atoms with Gasteiger partial charge < -0.3 is 14.8 Å². The summed E-state index contributed by atoms with van der Waals surface area (Å²) in [6.07, 6.45) is 5.48. The molecule has 0 bridgehead atoms. The van der Waals surface area contributed by atoms with E-state index in [0.29, 0.717) is 19.8 Å². The van der Waals surface area contributed by atoms with Crippen molar-refractivity contribution in [3.63, 3.8) is 0 Å². The molecule has 1 unspecified atom stereocenters. The van der Waals surface area contributed by atoms with Crippen molar-refractivity contribution in [3.05, 3.63) is 58.4 Å². The molecule has 1 saturated heterocycles. The molecular weight excluding hydrogens is 412 g/mol. The third-order valence-electron chi connectivity index (χ3n) is 5.51. The molecule has 1 fully saturated rings. The Morgan fingerprint density at radius 3 is 2.74 bits per heavy atom. The molecule has 0 saturated carbocycles. The van der Waals surface area contributed by atoms with Gasteiger partial charge in [0.2, 0.25) is 5.91 Å². The van der Waals surface area contributed by atoms with E-state index in [-0.39, 0.29) is 11.9 Å². The molecular formula is C23H28N4O3S. The van der Waals surface area contributed by atoms with E-state index in [1.807, 2.05) is 29.5 Å². The molecule has 8 heteroatoms. The monoisotopic (exact) mass is 440 g/mol. The molecule has 1 aromatic carbocycles. The van der Waals surface area contributed by atoms with E-state index in [0.717, 1.165) is 40.8 Å². The van der Waals surface area contributed by atoms with Gasteiger partial charge in [-0.1, -0.05) is 12.1 Å². The van der Waals surface area contributed by atoms with Crippen LogP contribution in [0.2, 0.25) is 0 Å². The number of aryl methyl sites for hydroxylation is 2. The fourth-order valence-electron chi connectivity index (χ4n) is 3.87. The van der Waals surface area contributed by atoms with Crippen molar-refractivity contribution >= 4 is 28.3 Å². The second kappa shape index (κ2) is 9.64. The quantitative estimate of drug-likeness (QED) is 0.572. The van der Waals surface area contributed by atoms with Crippen molar-refractivity contribution < 1.29 is 14.3 Å². The number of carbonyl (C=O) groups is 1. The van der Waals surface area contributed by atoms with Crippen LogP contribution in [-0.4, -0.2) is 60.1 Å². The van der Waals surface area contributed by atoms with Crippen molar-refractivity contribution in [1.82, 2.24) is 19.6 Å². The number of aromatic nitrogens is 2. The highest BCUT2D eigenvalue weighted by atomic mass is 32.1. The van der Waals surface area contributed by atoms with Gasteiger partial charge in [-0.05, 0) is 37.6 Å². The molecule has 1 aliphatic heterocycles. The number of benzene rings is 1. The van der Waals surface area contributed by atoms with Crippen molar-refractivity contribution in [3.8, 4) is 5.75 Å². The highest BCUT2D eigenvalue weighted by molar-refractivity contribution is 7.17. The Morgan fingerprint density at radius 1 is 1.29 bits per heavy atom. The maximum atomic E-state index is 12.6. The van der Waals surface area contributed by atoms with Crippen molar-refractivity contribution in [2.24, 2.45) is 0 Å². The Kier molecular flexibility index (Phi) is 6.70. The average Bonchev–Trinajstić information content (AvgIpc) is 3.28. The molecule has 3 aromatic rings. The SMILES string of the molecule is COc1ccc(C(CNC(=O)/C=C/c2c(C)nc3sc(C)cn23)N2CCOCC2)cc1. The van der Waals surface area contributed by atoms with Crippen molar-refractivity contribution in [1.29, 1.82) is 0 Å². The molecule has 0 spiro atoms. The molecule has 0 aliphatic carbocycles. The molecule has 1 amide bonds. The lowest BCUT2D eigenvalue weighted by Crippen LogP contribution is -2.43. The maximum absolute atomic E-state index is 12.6. The third kappa shape index (κ3) is 4.98. The summed E-state index contributed by atoms with van der Waals surface area (Å²) in [5.41, 5.74) is 3.00. The van der Waals surface area contributed by atoms with Gasteiger partial charge >= 0.3 is 0 Å². The van der Waals surface area contributed by atoms with E-state index in [1.54, 1.807) is 24.5 Å². The Balaban J connectivity index is 1.45. The fourth-order valence-corrected chi connectivity index (χ4v) is 4.74. The number of hydrogen-bond acceptors (Lipinski definition) is 6. The van der Waals surface area contributed by atoms with Crippen LogP contribution in [0, 0.1) is 13.8 Å². The smallest absolute Gasteiger partial charge is 0.244 e. The van der Waals surface area contributed by atoms with Crippen LogP contribution in [-0.2, 0) is 9.53 Å². The van der Waals surface area contributed by atoms with Crippen LogP contribution in [0.25, 0.3) is 11.0 Å². The van der Waals surface area contributed by atoms with Gasteiger partial charge in [-0.2, -0.15) is 0 Å². The number of ether oxygens (including phenoxy) is 2. The van der Waals surface area contributed by atoms with Crippen molar-refractivity contribution in [2.75, 3.05) is 40.0 Å². The van der Waals surface area contributed by atoms with Gasteiger partial charge in [0.1, 0.15) is 5.75 Å². The van der Waals surface area contributed by atoms with E-state index in [4.69, 9.17) is 9.47 Å². The number of hydrogen-bond donors (Lipinski definition) is 1. The summed E-state index contributed by atoms with van der Waals surface area (Å²) < 4.78 is 12.8. The first-order valence-electron chi connectivity index (χ1n) is 10.4. The van der Waals surface area contributed by atoms with Crippen LogP contribution < -0.4 is 10.1 Å². The van der Waals surface area contributed by atoms with Crippen LogP contribution in [0.3, 0.4) is 0 Å². The van der Waals surface area contributed by atoms with E-state index in [9.17, 15) is 4.79 Å². The van der Waals surface area contributed by atoms with Crippen LogP contribution in [0.1, 0.15) is 27.9 Å². The van der Waals surface area contributed by atoms with Gasteiger partial charge in [-0.25, -0.2) is 4.98 Å². The Bertz CT molecular complexity index is 1060. The predicted molar refractivity (Wildman–Crippen MR) is 123 cm³/mol. The molecule has 3 heterocycles. The number of methoxy groups -OCH3 is 1. The summed E-state index contributed by atoms with van der Waals surface area (Å²) in [4.78, 5) is 21.7. The molecule has 1 N–H and O–H groups in total. The molecule has 31 heavy (non-hydrogen) atoms. The zero-order chi connectivity index (χ0) is 21.8. The molecule has 0 radical (unpaired) electrons. The standard InChI is InChI=1S/C23H28N4O3S/c1-16-15-27-20(17(2)25-23(27)31-16)8-9-22(28)24-14-21(26-10-12-30-13-11-26)18-4-6-19(29-3)7-5-18/h4-9,15,21H,10-14H2,1-3H3,(H,24,28)/b9-8+. The van der Waals surface area contributed by atoms with Gasteiger partial charge in [-0.15, -0.1) is 11.3 Å². The predicted octanol–water partition coefficient (Wildman–Crippen LogP) is 3.22. The largest absolute Gasteiger partial charge is 0.497 e. The lowest BCUT2D eigenvalue weighted by atomic mass is 10.0. The number of nitrogens with one attached hydrogen (secondary N) is 1. The highest BCUT2D eigenvalue weighted by Crippen LogP contribution is 2.24. The van der Waals surface area contributed by atoms with Crippen LogP contribution in [0.4, 0.5) is 0 Å². The average molecular weight is 441 g/mol. The van der Waals surface area contributed by atoms with E-state index in [1.165, 1.54) is 4.88 Å². The summed E-state index contributed by atoms with van der Waals surface area (Å²) in [5, 5.41) is 3.08. The number of morpholine rings is 1. The van der Waals surface area contributed by atoms with Crippen LogP contribution >= 0.6 is 11.3 Å². The van der Waals surface area contributed by atoms with E-state index < -0.39 is 0 Å². The second-order valence-electron chi connectivity index (χ2n) is 7.59. The summed E-state index contributed by atoms with van der Waals surface area (Å²) >= 11 is 1.64. The zero-order valence-corrected chi connectivity index (χ0v) is 18.9. The molecule has 4 rings (SSSR count). The lowest BCUT2D eigenvalue weighted by Gasteiger charge is -2.34. The number of thiazole rings is 1. The highest BCUT2D eigenvalue weighted by Gasteiger charge is 2.23. The summed E-state index contributed by atoms with van der Waals surface area (Å²) in [6, 6.07) is 8.12. The first-order valence-corrected chi connectivity index (χ1v) is 11.2. The lowest BCUT2D eigenvalue weighted by molar-refractivity contribution is -0.116. The van der Waals surface area contributed by atoms with Crippen LogP contribution in [0.15, 0.2) is 36.5 Å². The maximum Gasteiger partial charge on any atom is 0.244 e. The van der Waals surface area contributed by atoms with E-state index >= 15 is 0 Å². The summed E-state index contributed by atoms with van der Waals surface area (Å²) in [6.45, 7) is 7.63. The number of amides is 1. The number of rotatable bonds is 7. The minimum absolute atomic E-state index is 0.0788. The zero-order valence-electron chi connectivity index (χ0n) is 18.1. The first-order chi connectivity index (χ1) is 15.0. The second-order valence-corrected chi connectivity index (χ2v) is 8.81. The van der Waals surface area contributed by atoms with Crippen LogP contribution in [0.5, 0.6) is 5.75 Å². The molecule has 1 aliphatic rings. The van der Waals surface area contributed by atoms with E-state index in [2.05, 4.69) is 40.5 Å². The molecule has 7 nitrogen and oxygen atoms in total. The number of fused-ring (bicyclic) bond motifs is 1.